The van der Waals surface area contributed by atoms with Crippen LogP contribution in [0.3, 0.4) is 0 Å². The molecule has 0 bridgehead atoms. The van der Waals surface area contributed by atoms with Gasteiger partial charge in [0, 0.05) is 0 Å². The fraction of sp³-hybridized carbons (Fsp3) is 0.500. The Hall–Kier alpha value is -1.25. The van der Waals surface area contributed by atoms with Gasteiger partial charge in [-0.05, 0) is 19.9 Å². The van der Waals surface area contributed by atoms with E-state index in [-0.39, 0.29) is 18.5 Å². The number of hydrogen-bond acceptors (Lipinski definition) is 3. The summed E-state index contributed by atoms with van der Waals surface area (Å²) in [5.74, 6) is -0.476. The molecule has 0 aromatic heterocycles. The van der Waals surface area contributed by atoms with E-state index in [9.17, 15) is 4.79 Å². The van der Waals surface area contributed by atoms with Gasteiger partial charge in [0.25, 0.3) is 0 Å². The van der Waals surface area contributed by atoms with Crippen molar-refractivity contribution >= 4 is 5.97 Å². The second-order valence-electron chi connectivity index (χ2n) is 2.65. The highest BCUT2D eigenvalue weighted by Crippen LogP contribution is 2.03. The number of carbonyl (C=O) groups excluding carboxylic acids is 1. The third kappa shape index (κ3) is 5.06. The molecule has 0 N–H and O–H groups in total. The lowest BCUT2D eigenvalue weighted by Crippen LogP contribution is -2.16. The Bertz CT molecular complexity index is 196. The van der Waals surface area contributed by atoms with Crippen molar-refractivity contribution in [1.29, 1.82) is 0 Å². The number of esters is 1. The lowest BCUT2D eigenvalue weighted by atomic mass is 10.3. The van der Waals surface area contributed by atoms with Crippen molar-refractivity contribution in [3.05, 3.63) is 25.0 Å². The van der Waals surface area contributed by atoms with E-state index < -0.39 is 5.97 Å². The molecule has 0 aliphatic carbocycles. The summed E-state index contributed by atoms with van der Waals surface area (Å²) in [4.78, 5) is 11.1. The predicted octanol–water partition coefficient (Wildman–Crippen LogP) is 2.04. The van der Waals surface area contributed by atoms with Crippen molar-refractivity contribution in [3.8, 4) is 0 Å². The van der Waals surface area contributed by atoms with Crippen LogP contribution in [0.2, 0.25) is 0 Å². The number of rotatable bonds is 6. The second-order valence-corrected chi connectivity index (χ2v) is 2.65. The Morgan fingerprint density at radius 2 is 2.23 bits per heavy atom. The average Bonchev–Trinajstić information content (AvgIpc) is 2.13. The van der Waals surface area contributed by atoms with Gasteiger partial charge in [-0.15, -0.1) is 0 Å². The molecule has 0 saturated carbocycles. The smallest absolute Gasteiger partial charge is 0.373 e. The minimum absolute atomic E-state index is 0.0280. The van der Waals surface area contributed by atoms with E-state index in [0.29, 0.717) is 0 Å². The Labute approximate surface area is 79.0 Å². The minimum atomic E-state index is -0.504. The van der Waals surface area contributed by atoms with E-state index in [1.807, 2.05) is 13.8 Å². The molecule has 0 saturated heterocycles. The largest absolute Gasteiger partial charge is 0.483 e. The fourth-order valence-corrected chi connectivity index (χ4v) is 0.550. The van der Waals surface area contributed by atoms with Crippen LogP contribution in [-0.2, 0) is 14.3 Å². The van der Waals surface area contributed by atoms with Crippen LogP contribution in [0.5, 0.6) is 0 Å². The number of carbonyl (C=O) groups is 1. The zero-order valence-corrected chi connectivity index (χ0v) is 8.21. The zero-order valence-electron chi connectivity index (χ0n) is 8.21. The van der Waals surface area contributed by atoms with E-state index in [0.717, 1.165) is 6.42 Å². The molecule has 0 radical (unpaired) electrons. The van der Waals surface area contributed by atoms with Crippen LogP contribution < -0.4 is 0 Å². The summed E-state index contributed by atoms with van der Waals surface area (Å²) in [6, 6.07) is 0. The molecule has 13 heavy (non-hydrogen) atoms. The maximum atomic E-state index is 11.1. The molecule has 1 atom stereocenters. The molecule has 0 fully saturated rings. The summed E-state index contributed by atoms with van der Waals surface area (Å²) in [6.07, 6.45) is 2.22. The van der Waals surface area contributed by atoms with Gasteiger partial charge in [-0.2, -0.15) is 0 Å². The van der Waals surface area contributed by atoms with Crippen LogP contribution in [0.25, 0.3) is 0 Å². The van der Waals surface area contributed by atoms with Crippen molar-refractivity contribution in [3.63, 3.8) is 0 Å². The molecular weight excluding hydrogens is 168 g/mol. The maximum absolute atomic E-state index is 11.1. The third-order valence-corrected chi connectivity index (χ3v) is 1.49. The van der Waals surface area contributed by atoms with Gasteiger partial charge in [0.05, 0.1) is 6.10 Å². The normalized spacial score (nSPS) is 11.5. The summed E-state index contributed by atoms with van der Waals surface area (Å²) in [6.45, 7) is 10.9. The van der Waals surface area contributed by atoms with Gasteiger partial charge >= 0.3 is 5.97 Å². The lowest BCUT2D eigenvalue weighted by Gasteiger charge is -2.11. The maximum Gasteiger partial charge on any atom is 0.373 e. The first-order valence-corrected chi connectivity index (χ1v) is 4.25. The molecule has 0 amide bonds. The quantitative estimate of drug-likeness (QED) is 0.274. The fourth-order valence-electron chi connectivity index (χ4n) is 0.550. The Balaban J connectivity index is 3.82. The third-order valence-electron chi connectivity index (χ3n) is 1.49. The van der Waals surface area contributed by atoms with Gasteiger partial charge in [0.2, 0.25) is 0 Å². The van der Waals surface area contributed by atoms with Crippen LogP contribution in [0.15, 0.2) is 25.0 Å². The topological polar surface area (TPSA) is 35.5 Å². The van der Waals surface area contributed by atoms with Gasteiger partial charge in [-0.1, -0.05) is 19.6 Å². The summed E-state index contributed by atoms with van der Waals surface area (Å²) in [5, 5.41) is 0. The standard InChI is InChI=1S/C10H16O3/c1-5-7-12-9(4)10(11)13-8(3)6-2/h5,8H,1,4,6-7H2,2-3H3. The van der Waals surface area contributed by atoms with Crippen LogP contribution in [0, 0.1) is 0 Å². The summed E-state index contributed by atoms with van der Waals surface area (Å²) >= 11 is 0. The highest BCUT2D eigenvalue weighted by molar-refractivity contribution is 5.85. The van der Waals surface area contributed by atoms with E-state index in [1.165, 1.54) is 0 Å². The van der Waals surface area contributed by atoms with Crippen molar-refractivity contribution in [2.45, 2.75) is 26.4 Å². The Morgan fingerprint density at radius 1 is 1.62 bits per heavy atom. The first-order chi connectivity index (χ1) is 6.11. The second kappa shape index (κ2) is 6.29. The van der Waals surface area contributed by atoms with Crippen LogP contribution in [-0.4, -0.2) is 18.7 Å². The number of hydrogen-bond donors (Lipinski definition) is 0. The first kappa shape index (κ1) is 11.8. The van der Waals surface area contributed by atoms with Crippen molar-refractivity contribution in [2.24, 2.45) is 0 Å². The summed E-state index contributed by atoms with van der Waals surface area (Å²) in [5.41, 5.74) is 0. The number of ether oxygens (including phenoxy) is 2. The lowest BCUT2D eigenvalue weighted by molar-refractivity contribution is -0.147. The van der Waals surface area contributed by atoms with Crippen LogP contribution in [0.4, 0.5) is 0 Å². The van der Waals surface area contributed by atoms with Gasteiger partial charge in [-0.3, -0.25) is 0 Å². The first-order valence-electron chi connectivity index (χ1n) is 4.25. The van der Waals surface area contributed by atoms with Crippen molar-refractivity contribution in [2.75, 3.05) is 6.61 Å². The van der Waals surface area contributed by atoms with Gasteiger partial charge in [0.15, 0.2) is 5.76 Å². The summed E-state index contributed by atoms with van der Waals surface area (Å²) < 4.78 is 9.87. The monoisotopic (exact) mass is 184 g/mol. The van der Waals surface area contributed by atoms with Crippen LogP contribution in [0.1, 0.15) is 20.3 Å². The average molecular weight is 184 g/mol. The Morgan fingerprint density at radius 3 is 2.69 bits per heavy atom. The van der Waals surface area contributed by atoms with E-state index in [2.05, 4.69) is 13.2 Å². The highest BCUT2D eigenvalue weighted by Gasteiger charge is 2.12. The van der Waals surface area contributed by atoms with Crippen molar-refractivity contribution < 1.29 is 14.3 Å². The molecule has 0 aromatic carbocycles. The predicted molar refractivity (Wildman–Crippen MR) is 51.1 cm³/mol. The van der Waals surface area contributed by atoms with E-state index in [4.69, 9.17) is 9.47 Å². The molecule has 74 valence electrons. The van der Waals surface area contributed by atoms with Gasteiger partial charge in [0.1, 0.15) is 6.61 Å². The van der Waals surface area contributed by atoms with Gasteiger partial charge < -0.3 is 9.47 Å². The zero-order chi connectivity index (χ0) is 10.3. The molecule has 0 spiro atoms. The molecular formula is C10H16O3. The molecule has 3 heteroatoms. The molecule has 0 aliphatic rings. The van der Waals surface area contributed by atoms with Crippen LogP contribution >= 0.6 is 0 Å². The van der Waals surface area contributed by atoms with E-state index >= 15 is 0 Å². The molecule has 3 nitrogen and oxygen atoms in total. The molecule has 0 heterocycles. The van der Waals surface area contributed by atoms with Gasteiger partial charge in [-0.25, -0.2) is 4.79 Å². The Kier molecular flexibility index (Phi) is 5.68. The molecule has 0 rings (SSSR count). The summed E-state index contributed by atoms with van der Waals surface area (Å²) in [7, 11) is 0. The minimum Gasteiger partial charge on any atom is -0.483 e. The SMILES string of the molecule is C=CCOC(=C)C(=O)OC(C)CC. The van der Waals surface area contributed by atoms with Crippen molar-refractivity contribution in [1.82, 2.24) is 0 Å². The molecule has 0 aliphatic heterocycles. The highest BCUT2D eigenvalue weighted by atomic mass is 16.6. The molecule has 1 unspecified atom stereocenters. The molecule has 0 aromatic rings. The van der Waals surface area contributed by atoms with E-state index in [1.54, 1.807) is 6.08 Å².